The highest BCUT2D eigenvalue weighted by Gasteiger charge is 2.34. The molecule has 3 aromatic rings. The van der Waals surface area contributed by atoms with Crippen LogP contribution in [0.25, 0.3) is 0 Å². The lowest BCUT2D eigenvalue weighted by atomic mass is 9.97. The summed E-state index contributed by atoms with van der Waals surface area (Å²) in [6.07, 6.45) is 0. The Kier molecular flexibility index (Phi) is 5.90. The molecule has 3 rings (SSSR count). The number of hydrogen-bond acceptors (Lipinski definition) is 2. The van der Waals surface area contributed by atoms with Gasteiger partial charge in [-0.3, -0.25) is 9.59 Å². The maximum atomic E-state index is 13.5. The number of benzene rings is 3. The van der Waals surface area contributed by atoms with E-state index in [1.165, 1.54) is 0 Å². The number of carbonyl (C=O) groups is 2. The van der Waals surface area contributed by atoms with Crippen LogP contribution >= 0.6 is 0 Å². The van der Waals surface area contributed by atoms with Crippen LogP contribution in [-0.4, -0.2) is 16.7 Å². The third-order valence-corrected chi connectivity index (χ3v) is 4.86. The van der Waals surface area contributed by atoms with Crippen molar-refractivity contribution in [1.82, 2.24) is 4.90 Å². The molecule has 28 heavy (non-hydrogen) atoms. The average molecular weight is 372 g/mol. The second-order valence-electron chi connectivity index (χ2n) is 6.88. The maximum absolute atomic E-state index is 13.5. The van der Waals surface area contributed by atoms with Crippen molar-refractivity contribution in [3.05, 3.63) is 107 Å². The fourth-order valence-electron chi connectivity index (χ4n) is 3.43. The zero-order chi connectivity index (χ0) is 20.1. The summed E-state index contributed by atoms with van der Waals surface area (Å²) in [6.45, 7) is 3.93. The van der Waals surface area contributed by atoms with Gasteiger partial charge in [-0.25, -0.2) is 0 Å². The SMILES string of the molecule is Cc1cccc([C@@H](C)N(C(=O)c2ccccc2)[C@@H](C(N)=O)c2ccccc2)c1. The number of hydrogen-bond donors (Lipinski definition) is 1. The van der Waals surface area contributed by atoms with Crippen LogP contribution in [0.4, 0.5) is 0 Å². The Morgan fingerprint density at radius 2 is 1.39 bits per heavy atom. The van der Waals surface area contributed by atoms with E-state index in [0.717, 1.165) is 11.1 Å². The quantitative estimate of drug-likeness (QED) is 0.696. The summed E-state index contributed by atoms with van der Waals surface area (Å²) in [5.41, 5.74) is 9.05. The van der Waals surface area contributed by atoms with Crippen molar-refractivity contribution in [2.24, 2.45) is 5.73 Å². The van der Waals surface area contributed by atoms with Gasteiger partial charge in [-0.15, -0.1) is 0 Å². The monoisotopic (exact) mass is 372 g/mol. The van der Waals surface area contributed by atoms with Crippen molar-refractivity contribution < 1.29 is 9.59 Å². The average Bonchev–Trinajstić information content (AvgIpc) is 2.72. The molecule has 0 heterocycles. The van der Waals surface area contributed by atoms with Gasteiger partial charge >= 0.3 is 0 Å². The van der Waals surface area contributed by atoms with E-state index in [2.05, 4.69) is 0 Å². The zero-order valence-electron chi connectivity index (χ0n) is 16.1. The highest BCUT2D eigenvalue weighted by atomic mass is 16.2. The molecule has 0 aliphatic rings. The van der Waals surface area contributed by atoms with Gasteiger partial charge in [0.05, 0.1) is 6.04 Å². The maximum Gasteiger partial charge on any atom is 0.255 e. The van der Waals surface area contributed by atoms with E-state index < -0.39 is 11.9 Å². The fraction of sp³-hybridized carbons (Fsp3) is 0.167. The van der Waals surface area contributed by atoms with Crippen LogP contribution in [0, 0.1) is 6.92 Å². The minimum absolute atomic E-state index is 0.234. The minimum atomic E-state index is -0.871. The van der Waals surface area contributed by atoms with Crippen molar-refractivity contribution in [1.29, 1.82) is 0 Å². The van der Waals surface area contributed by atoms with Crippen molar-refractivity contribution >= 4 is 11.8 Å². The predicted octanol–water partition coefficient (Wildman–Crippen LogP) is 4.43. The molecule has 0 aliphatic carbocycles. The molecule has 0 radical (unpaired) electrons. The van der Waals surface area contributed by atoms with Crippen molar-refractivity contribution in [2.45, 2.75) is 25.9 Å². The molecule has 0 aliphatic heterocycles. The third kappa shape index (κ3) is 4.12. The molecule has 0 fully saturated rings. The number of rotatable bonds is 6. The Balaban J connectivity index is 2.12. The molecule has 0 saturated heterocycles. The molecule has 0 bridgehead atoms. The molecule has 4 nitrogen and oxygen atoms in total. The lowest BCUT2D eigenvalue weighted by Crippen LogP contribution is -2.43. The van der Waals surface area contributed by atoms with E-state index in [0.29, 0.717) is 11.1 Å². The summed E-state index contributed by atoms with van der Waals surface area (Å²) >= 11 is 0. The molecule has 2 N–H and O–H groups in total. The minimum Gasteiger partial charge on any atom is -0.368 e. The molecule has 0 spiro atoms. The van der Waals surface area contributed by atoms with Gasteiger partial charge in [0.1, 0.15) is 6.04 Å². The highest BCUT2D eigenvalue weighted by molar-refractivity contribution is 5.98. The van der Waals surface area contributed by atoms with E-state index in [-0.39, 0.29) is 11.9 Å². The van der Waals surface area contributed by atoms with Crippen LogP contribution in [0.2, 0.25) is 0 Å². The second kappa shape index (κ2) is 8.53. The lowest BCUT2D eigenvalue weighted by Gasteiger charge is -2.35. The zero-order valence-corrected chi connectivity index (χ0v) is 16.1. The number of amides is 2. The smallest absolute Gasteiger partial charge is 0.255 e. The van der Waals surface area contributed by atoms with Crippen LogP contribution in [0.1, 0.15) is 46.1 Å². The Bertz CT molecular complexity index is 955. The van der Waals surface area contributed by atoms with Gasteiger partial charge < -0.3 is 10.6 Å². The number of aryl methyl sites for hydroxylation is 1. The van der Waals surface area contributed by atoms with Crippen molar-refractivity contribution in [2.75, 3.05) is 0 Å². The van der Waals surface area contributed by atoms with E-state index >= 15 is 0 Å². The van der Waals surface area contributed by atoms with Crippen LogP contribution in [0.15, 0.2) is 84.9 Å². The van der Waals surface area contributed by atoms with Crippen molar-refractivity contribution in [3.63, 3.8) is 0 Å². The van der Waals surface area contributed by atoms with Gasteiger partial charge in [-0.1, -0.05) is 78.4 Å². The van der Waals surface area contributed by atoms with Gasteiger partial charge in [0, 0.05) is 5.56 Å². The molecule has 4 heteroatoms. The molecule has 142 valence electrons. The molecule has 0 unspecified atom stereocenters. The molecule has 0 saturated carbocycles. The van der Waals surface area contributed by atoms with Crippen LogP contribution in [0.3, 0.4) is 0 Å². The number of nitrogens with zero attached hydrogens (tertiary/aromatic N) is 1. The summed E-state index contributed by atoms with van der Waals surface area (Å²) in [6, 6.07) is 24.9. The Hall–Kier alpha value is -3.40. The van der Waals surface area contributed by atoms with Gasteiger partial charge in [0.25, 0.3) is 5.91 Å². The standard InChI is InChI=1S/C24H24N2O2/c1-17-10-9-15-21(16-17)18(2)26(24(28)20-13-7-4-8-14-20)22(23(25)27)19-11-5-3-6-12-19/h3-16,18,22H,1-2H3,(H2,25,27)/t18-,22-/m1/s1. The number of carbonyl (C=O) groups excluding carboxylic acids is 2. The molecule has 3 aromatic carbocycles. The van der Waals surface area contributed by atoms with Crippen LogP contribution < -0.4 is 5.73 Å². The summed E-state index contributed by atoms with van der Waals surface area (Å²) in [4.78, 5) is 27.6. The first-order chi connectivity index (χ1) is 13.5. The van der Waals surface area contributed by atoms with Crippen LogP contribution in [0.5, 0.6) is 0 Å². The Morgan fingerprint density at radius 1 is 0.821 bits per heavy atom. The molecule has 2 amide bonds. The molecule has 2 atom stereocenters. The predicted molar refractivity (Wildman–Crippen MR) is 111 cm³/mol. The Labute approximate surface area is 165 Å². The van der Waals surface area contributed by atoms with Crippen molar-refractivity contribution in [3.8, 4) is 0 Å². The summed E-state index contributed by atoms with van der Waals surface area (Å²) in [5, 5.41) is 0. The van der Waals surface area contributed by atoms with E-state index in [1.807, 2.05) is 86.6 Å². The molecular weight excluding hydrogens is 348 g/mol. The largest absolute Gasteiger partial charge is 0.368 e. The lowest BCUT2D eigenvalue weighted by molar-refractivity contribution is -0.123. The van der Waals surface area contributed by atoms with Gasteiger partial charge in [-0.05, 0) is 37.1 Å². The van der Waals surface area contributed by atoms with E-state index in [4.69, 9.17) is 5.73 Å². The van der Waals surface area contributed by atoms with E-state index in [9.17, 15) is 9.59 Å². The summed E-state index contributed by atoms with van der Waals surface area (Å²) in [5.74, 6) is -0.794. The first-order valence-electron chi connectivity index (χ1n) is 9.27. The normalized spacial score (nSPS) is 12.8. The molecule has 0 aromatic heterocycles. The first-order valence-corrected chi connectivity index (χ1v) is 9.27. The Morgan fingerprint density at radius 3 is 1.96 bits per heavy atom. The highest BCUT2D eigenvalue weighted by Crippen LogP contribution is 2.32. The summed E-state index contributed by atoms with van der Waals surface area (Å²) < 4.78 is 0. The van der Waals surface area contributed by atoms with Crippen LogP contribution in [-0.2, 0) is 4.79 Å². The number of primary amides is 1. The number of nitrogens with two attached hydrogens (primary N) is 1. The molecular formula is C24H24N2O2. The fourth-order valence-corrected chi connectivity index (χ4v) is 3.43. The summed E-state index contributed by atoms with van der Waals surface area (Å²) in [7, 11) is 0. The van der Waals surface area contributed by atoms with E-state index in [1.54, 1.807) is 17.0 Å². The van der Waals surface area contributed by atoms with Gasteiger partial charge in [-0.2, -0.15) is 0 Å². The van der Waals surface area contributed by atoms with Gasteiger partial charge in [0.15, 0.2) is 0 Å². The first kappa shape index (κ1) is 19.4. The van der Waals surface area contributed by atoms with Gasteiger partial charge in [0.2, 0.25) is 5.91 Å². The third-order valence-electron chi connectivity index (χ3n) is 4.86. The second-order valence-corrected chi connectivity index (χ2v) is 6.88. The topological polar surface area (TPSA) is 63.4 Å².